The minimum Gasteiger partial charge on any atom is -0.492 e. The van der Waals surface area contributed by atoms with E-state index in [9.17, 15) is 24.3 Å². The van der Waals surface area contributed by atoms with Gasteiger partial charge < -0.3 is 35.5 Å². The predicted octanol–water partition coefficient (Wildman–Crippen LogP) is 1.92. The quantitative estimate of drug-likeness (QED) is 0.376. The average molecular weight is 535 g/mol. The Morgan fingerprint density at radius 2 is 2.00 bits per heavy atom. The summed E-state index contributed by atoms with van der Waals surface area (Å²) in [7, 11) is 1.32. The van der Waals surface area contributed by atoms with Crippen LogP contribution in [0.4, 0.5) is 14.5 Å². The Kier molecular flexibility index (Phi) is 7.67. The first-order valence-electron chi connectivity index (χ1n) is 12.1. The molecule has 4 rings (SSSR count). The van der Waals surface area contributed by atoms with Crippen LogP contribution in [-0.4, -0.2) is 65.4 Å². The van der Waals surface area contributed by atoms with Crippen molar-refractivity contribution in [3.05, 3.63) is 45.3 Å². The highest BCUT2D eigenvalue weighted by Crippen LogP contribution is 2.44. The molecular weight excluding hydrogens is 506 g/mol. The molecule has 1 aliphatic heterocycles. The highest BCUT2D eigenvalue weighted by atomic mass is 19.1. The Morgan fingerprint density at radius 1 is 1.29 bits per heavy atom. The van der Waals surface area contributed by atoms with Gasteiger partial charge in [0.2, 0.25) is 11.3 Å². The van der Waals surface area contributed by atoms with E-state index >= 15 is 8.78 Å². The Bertz CT molecular complexity index is 1400. The highest BCUT2D eigenvalue weighted by Gasteiger charge is 2.32. The van der Waals surface area contributed by atoms with Crippen molar-refractivity contribution in [3.8, 4) is 5.75 Å². The number of carboxylic acids is 2. The molecule has 2 fully saturated rings. The number of pyridine rings is 1. The van der Waals surface area contributed by atoms with Gasteiger partial charge in [-0.3, -0.25) is 14.4 Å². The van der Waals surface area contributed by atoms with Gasteiger partial charge in [-0.1, -0.05) is 0 Å². The van der Waals surface area contributed by atoms with E-state index in [1.54, 1.807) is 9.47 Å². The van der Waals surface area contributed by atoms with E-state index in [-0.39, 0.29) is 34.9 Å². The molecule has 1 aliphatic carbocycles. The van der Waals surface area contributed by atoms with E-state index in [0.717, 1.165) is 18.9 Å². The van der Waals surface area contributed by atoms with Crippen molar-refractivity contribution in [1.29, 1.82) is 0 Å². The molecule has 1 amide bonds. The van der Waals surface area contributed by atoms with E-state index < -0.39 is 59.5 Å². The summed E-state index contributed by atoms with van der Waals surface area (Å²) in [5.74, 6) is -4.89. The van der Waals surface area contributed by atoms with Gasteiger partial charge in [0.15, 0.2) is 11.6 Å². The van der Waals surface area contributed by atoms with Gasteiger partial charge in [0.25, 0.3) is 0 Å². The summed E-state index contributed by atoms with van der Waals surface area (Å²) < 4.78 is 37.8. The van der Waals surface area contributed by atoms with Gasteiger partial charge in [-0.15, -0.1) is 0 Å². The van der Waals surface area contributed by atoms with Crippen molar-refractivity contribution in [2.45, 2.75) is 44.2 Å². The van der Waals surface area contributed by atoms with Crippen molar-refractivity contribution >= 4 is 34.4 Å². The second kappa shape index (κ2) is 10.8. The number of carbonyl (C=O) groups is 3. The molecule has 0 spiro atoms. The molecule has 1 aromatic carbocycles. The molecule has 204 valence electrons. The van der Waals surface area contributed by atoms with Crippen LogP contribution in [0.15, 0.2) is 28.5 Å². The van der Waals surface area contributed by atoms with Gasteiger partial charge >= 0.3 is 11.9 Å². The largest absolute Gasteiger partial charge is 0.492 e. The number of hydrogen-bond donors (Lipinski definition) is 4. The molecular formula is C25H28F2N4O7. The summed E-state index contributed by atoms with van der Waals surface area (Å²) in [6.45, 7) is -0.166. The van der Waals surface area contributed by atoms with Gasteiger partial charge in [0.1, 0.15) is 17.1 Å². The molecule has 0 unspecified atom stereocenters. The monoisotopic (exact) mass is 534 g/mol. The van der Waals surface area contributed by atoms with Crippen molar-refractivity contribution in [3.63, 3.8) is 0 Å². The number of aliphatic carboxylic acids is 1. The number of carboxylic acid groups (broad SMARTS) is 2. The van der Waals surface area contributed by atoms with Gasteiger partial charge in [0.05, 0.1) is 37.0 Å². The molecule has 1 atom stereocenters. The topological polar surface area (TPSA) is 164 Å². The number of halogens is 2. The molecule has 2 heterocycles. The number of amides is 1. The number of methoxy groups -OCH3 is 1. The summed E-state index contributed by atoms with van der Waals surface area (Å²) in [5, 5.41) is 20.4. The number of fused-ring (bicyclic) bond motifs is 1. The number of piperidine rings is 1. The molecule has 5 N–H and O–H groups in total. The van der Waals surface area contributed by atoms with Gasteiger partial charge in [-0.2, -0.15) is 0 Å². The molecule has 1 saturated heterocycles. The van der Waals surface area contributed by atoms with E-state index in [0.29, 0.717) is 25.0 Å². The van der Waals surface area contributed by atoms with Crippen LogP contribution in [0, 0.1) is 5.82 Å². The first kappa shape index (κ1) is 27.0. The van der Waals surface area contributed by atoms with E-state index in [2.05, 4.69) is 5.32 Å². The van der Waals surface area contributed by atoms with Crippen LogP contribution in [0.25, 0.3) is 10.9 Å². The highest BCUT2D eigenvalue weighted by molar-refractivity contribution is 5.97. The first-order chi connectivity index (χ1) is 18.0. The predicted molar refractivity (Wildman–Crippen MR) is 133 cm³/mol. The fraction of sp³-hybridized carbons (Fsp3) is 0.440. The Morgan fingerprint density at radius 3 is 2.61 bits per heavy atom. The minimum absolute atomic E-state index is 0.0226. The van der Waals surface area contributed by atoms with Crippen molar-refractivity contribution in [1.82, 2.24) is 9.88 Å². The third kappa shape index (κ3) is 5.32. The molecule has 13 heteroatoms. The third-order valence-corrected chi connectivity index (χ3v) is 6.71. The van der Waals surface area contributed by atoms with Gasteiger partial charge in [-0.25, -0.2) is 13.6 Å². The fourth-order valence-electron chi connectivity index (χ4n) is 4.71. The second-order valence-electron chi connectivity index (χ2n) is 9.41. The minimum atomic E-state index is -1.41. The number of hydrogen-bond acceptors (Lipinski definition) is 7. The lowest BCUT2D eigenvalue weighted by atomic mass is 10.0. The summed E-state index contributed by atoms with van der Waals surface area (Å²) >= 11 is 0. The lowest BCUT2D eigenvalue weighted by Gasteiger charge is -2.33. The average Bonchev–Trinajstić information content (AvgIpc) is 3.71. The van der Waals surface area contributed by atoms with Crippen LogP contribution in [-0.2, 0) is 9.59 Å². The zero-order valence-corrected chi connectivity index (χ0v) is 20.6. The molecule has 0 bridgehead atoms. The van der Waals surface area contributed by atoms with Gasteiger partial charge in [0, 0.05) is 25.3 Å². The zero-order valence-electron chi connectivity index (χ0n) is 20.6. The second-order valence-corrected chi connectivity index (χ2v) is 9.41. The van der Waals surface area contributed by atoms with Crippen LogP contribution >= 0.6 is 0 Å². The summed E-state index contributed by atoms with van der Waals surface area (Å²) in [4.78, 5) is 48.8. The van der Waals surface area contributed by atoms with Gasteiger partial charge in [-0.05, 0) is 37.3 Å². The molecule has 1 saturated carbocycles. The van der Waals surface area contributed by atoms with Crippen LogP contribution in [0.3, 0.4) is 0 Å². The number of aromatic carboxylic acids is 1. The van der Waals surface area contributed by atoms with E-state index in [1.165, 1.54) is 13.3 Å². The van der Waals surface area contributed by atoms with Crippen LogP contribution in [0.1, 0.15) is 48.5 Å². The summed E-state index contributed by atoms with van der Waals surface area (Å²) in [5.41, 5.74) is 4.82. The Hall–Kier alpha value is -4.00. The number of benzene rings is 1. The van der Waals surface area contributed by atoms with Crippen molar-refractivity contribution in [2.75, 3.05) is 31.6 Å². The number of anilines is 1. The Balaban J connectivity index is 1.69. The number of nitrogens with two attached hydrogens (primary N) is 1. The van der Waals surface area contributed by atoms with Crippen LogP contribution in [0.5, 0.6) is 5.75 Å². The number of aromatic nitrogens is 1. The number of nitrogens with zero attached hydrogens (tertiary/aromatic N) is 2. The standard InChI is InChI=1S/C25H28F2N4O7/c1-38-23-20-14(22(34)15(25(36)37)11-31(20)13-4-5-13)7-16(26)21(23)30-6-2-3-12(10-30)17(27)9-29-24(35)18(28)8-19(32)33/h7,11,13,18H,2-6,8-10,28H2,1H3,(H,29,35)(H,32,33)(H,36,37)/b17-12+/t18-/m0/s1. The van der Waals surface area contributed by atoms with Crippen molar-refractivity contribution in [2.24, 2.45) is 5.73 Å². The maximum Gasteiger partial charge on any atom is 0.341 e. The maximum atomic E-state index is 15.5. The lowest BCUT2D eigenvalue weighted by molar-refractivity contribution is -0.139. The third-order valence-electron chi connectivity index (χ3n) is 6.71. The molecule has 38 heavy (non-hydrogen) atoms. The summed E-state index contributed by atoms with van der Waals surface area (Å²) in [6, 6.07) is -0.386. The normalized spacial score (nSPS) is 17.7. The zero-order chi connectivity index (χ0) is 27.7. The summed E-state index contributed by atoms with van der Waals surface area (Å²) in [6.07, 6.45) is 2.99. The number of ether oxygens (including phenoxy) is 1. The fourth-order valence-corrected chi connectivity index (χ4v) is 4.71. The van der Waals surface area contributed by atoms with Crippen LogP contribution < -0.4 is 26.1 Å². The molecule has 11 nitrogen and oxygen atoms in total. The van der Waals surface area contributed by atoms with Crippen molar-refractivity contribution < 1.29 is 38.1 Å². The molecule has 0 radical (unpaired) electrons. The van der Waals surface area contributed by atoms with E-state index in [1.807, 2.05) is 0 Å². The first-order valence-corrected chi connectivity index (χ1v) is 12.1. The number of carbonyl (C=O) groups excluding carboxylic acids is 1. The smallest absolute Gasteiger partial charge is 0.341 e. The number of rotatable bonds is 9. The Labute approximate surface area is 215 Å². The van der Waals surface area contributed by atoms with Crippen LogP contribution in [0.2, 0.25) is 0 Å². The molecule has 2 aromatic rings. The lowest BCUT2D eigenvalue weighted by Crippen LogP contribution is -2.42. The molecule has 2 aliphatic rings. The molecule has 1 aromatic heterocycles. The maximum absolute atomic E-state index is 15.5. The SMILES string of the molecule is COc1c(N2CCC/C(=C(\F)CNC(=O)[C@@H](N)CC(=O)O)C2)c(F)cc2c(=O)c(C(=O)O)cn(C3CC3)c12. The van der Waals surface area contributed by atoms with E-state index in [4.69, 9.17) is 15.6 Å². The number of nitrogens with one attached hydrogen (secondary N) is 1.